The summed E-state index contributed by atoms with van der Waals surface area (Å²) in [5.41, 5.74) is -0.330. The minimum absolute atomic E-state index is 0.00566. The first-order valence-electron chi connectivity index (χ1n) is 24.4. The van der Waals surface area contributed by atoms with Crippen LogP contribution in [-0.2, 0) is 47.4 Å². The van der Waals surface area contributed by atoms with Crippen molar-refractivity contribution in [3.8, 4) is 0 Å². The van der Waals surface area contributed by atoms with E-state index in [9.17, 15) is 51.1 Å². The van der Waals surface area contributed by atoms with Crippen molar-refractivity contribution >= 4 is 0 Å². The maximum absolute atomic E-state index is 12.9. The van der Waals surface area contributed by atoms with Crippen molar-refractivity contribution in [2.45, 2.75) is 227 Å². The summed E-state index contributed by atoms with van der Waals surface area (Å²) in [6, 6.07) is 0. The minimum atomic E-state index is -1.68. The maximum Gasteiger partial charge on any atom is 0.187 e. The van der Waals surface area contributed by atoms with Crippen molar-refractivity contribution in [3.63, 3.8) is 0 Å². The van der Waals surface area contributed by atoms with Gasteiger partial charge in [-0.05, 0) is 95.3 Å². The van der Waals surface area contributed by atoms with Crippen LogP contribution in [0.3, 0.4) is 0 Å². The molecule has 4 aliphatic carbocycles. The monoisotopic (exact) mass is 963 g/mol. The van der Waals surface area contributed by atoms with Crippen molar-refractivity contribution in [1.82, 2.24) is 0 Å². The van der Waals surface area contributed by atoms with Crippen LogP contribution < -0.4 is 0 Å². The molecule has 27 unspecified atom stereocenters. The first-order chi connectivity index (χ1) is 31.7. The highest BCUT2D eigenvalue weighted by Gasteiger charge is 2.67. The SMILES string of the molecule is COC1CC(OC2CCC3(C)C(=CCC4C3CCC3(C)C(C(C)OC5OC(COC6OC(CO)C(O)C(O)C6O)C(O)C(O)C5O)CCC43O)C2)OC(C)C1OC1OC(C)C(O)C(OC)C1O. The molecule has 4 heterocycles. The second-order valence-electron chi connectivity index (χ2n) is 21.3. The van der Waals surface area contributed by atoms with E-state index in [4.69, 9.17) is 47.4 Å². The summed E-state index contributed by atoms with van der Waals surface area (Å²) in [7, 11) is 3.03. The zero-order valence-electron chi connectivity index (χ0n) is 39.8. The van der Waals surface area contributed by atoms with E-state index in [1.165, 1.54) is 12.7 Å². The van der Waals surface area contributed by atoms with Gasteiger partial charge in [0.15, 0.2) is 25.2 Å². The average molecular weight is 963 g/mol. The molecule has 0 aromatic heterocycles. The Kier molecular flexibility index (Phi) is 16.0. The standard InChI is InChI=1S/C47H78O20/c1-20(62-43-38(55)36(53)34(51)30(66-43)19-60-42-37(54)35(52)33(50)29(18-48)65-42)25-12-15-47(57)27-9-8-23-16-24(10-13-45(23,4)26(27)11-14-46(25,47)5)64-31-17-28(58-6)40(22(3)61-31)67-44-39(56)41(59-7)32(49)21(2)63-44/h8,20-22,24-44,48-57H,9-19H2,1-7H3. The van der Waals surface area contributed by atoms with E-state index in [0.29, 0.717) is 19.3 Å². The number of ether oxygens (including phenoxy) is 10. The van der Waals surface area contributed by atoms with Crippen LogP contribution in [0.25, 0.3) is 0 Å². The lowest BCUT2D eigenvalue weighted by atomic mass is 9.45. The topological polar surface area (TPSA) is 295 Å². The molecular formula is C47H78O20. The number of fused-ring (bicyclic) bond motifs is 5. The Morgan fingerprint density at radius 1 is 0.687 bits per heavy atom. The normalized spacial score (nSPS) is 54.1. The summed E-state index contributed by atoms with van der Waals surface area (Å²) < 4.78 is 59.8. The lowest BCUT2D eigenvalue weighted by Gasteiger charge is -2.61. The van der Waals surface area contributed by atoms with Crippen LogP contribution in [0.15, 0.2) is 11.6 Å². The highest BCUT2D eigenvalue weighted by Crippen LogP contribution is 2.68. The predicted molar refractivity (Wildman–Crippen MR) is 230 cm³/mol. The third-order valence-corrected chi connectivity index (χ3v) is 17.8. The lowest BCUT2D eigenvalue weighted by Crippen LogP contribution is -2.63. The molecule has 3 saturated carbocycles. The van der Waals surface area contributed by atoms with Crippen molar-refractivity contribution in [2.24, 2.45) is 28.6 Å². The van der Waals surface area contributed by atoms with Gasteiger partial charge < -0.3 is 98.4 Å². The molecule has 0 aromatic carbocycles. The van der Waals surface area contributed by atoms with Crippen molar-refractivity contribution in [1.29, 1.82) is 0 Å². The predicted octanol–water partition coefficient (Wildman–Crippen LogP) is -0.889. The van der Waals surface area contributed by atoms with Gasteiger partial charge in [-0.15, -0.1) is 0 Å². The molecule has 0 bridgehead atoms. The van der Waals surface area contributed by atoms with Crippen molar-refractivity contribution in [3.05, 3.63) is 11.6 Å². The maximum atomic E-state index is 12.9. The summed E-state index contributed by atoms with van der Waals surface area (Å²) in [5, 5.41) is 107. The van der Waals surface area contributed by atoms with Crippen LogP contribution >= 0.6 is 0 Å². The van der Waals surface area contributed by atoms with Gasteiger partial charge in [0.1, 0.15) is 73.2 Å². The van der Waals surface area contributed by atoms with Gasteiger partial charge >= 0.3 is 0 Å². The van der Waals surface area contributed by atoms with Crippen LogP contribution in [0, 0.1) is 28.6 Å². The minimum Gasteiger partial charge on any atom is -0.394 e. The summed E-state index contributed by atoms with van der Waals surface area (Å²) >= 11 is 0. The van der Waals surface area contributed by atoms with Crippen LogP contribution in [0.5, 0.6) is 0 Å². The Morgan fingerprint density at radius 2 is 1.37 bits per heavy atom. The molecular weight excluding hydrogens is 884 g/mol. The third kappa shape index (κ3) is 9.34. The molecule has 8 rings (SSSR count). The van der Waals surface area contributed by atoms with Crippen LogP contribution in [0.2, 0.25) is 0 Å². The fourth-order valence-electron chi connectivity index (χ4n) is 13.6. The Hall–Kier alpha value is -1.06. The summed E-state index contributed by atoms with van der Waals surface area (Å²) in [5.74, 6) is 0.111. The van der Waals surface area contributed by atoms with Gasteiger partial charge in [-0.25, -0.2) is 0 Å². The molecule has 20 heteroatoms. The van der Waals surface area contributed by atoms with Crippen molar-refractivity contribution < 1.29 is 98.4 Å². The van der Waals surface area contributed by atoms with E-state index in [0.717, 1.165) is 38.5 Å². The molecule has 0 radical (unpaired) electrons. The molecule has 20 nitrogen and oxygen atoms in total. The molecule has 27 atom stereocenters. The fraction of sp³-hybridized carbons (Fsp3) is 0.957. The Bertz CT molecular complexity index is 1690. The molecule has 4 aliphatic heterocycles. The van der Waals surface area contributed by atoms with E-state index >= 15 is 0 Å². The van der Waals surface area contributed by atoms with Crippen LogP contribution in [0.1, 0.15) is 92.4 Å². The molecule has 8 aliphatic rings. The number of hydrogen-bond donors (Lipinski definition) is 10. The number of methoxy groups -OCH3 is 2. The number of aliphatic hydroxyl groups is 10. The number of rotatable bonds is 13. The summed E-state index contributed by atoms with van der Waals surface area (Å²) in [6.45, 7) is 8.82. The van der Waals surface area contributed by atoms with Crippen molar-refractivity contribution in [2.75, 3.05) is 27.4 Å². The van der Waals surface area contributed by atoms with E-state index in [1.807, 2.05) is 13.8 Å². The Labute approximate surface area is 392 Å². The second-order valence-corrected chi connectivity index (χ2v) is 21.3. The van der Waals surface area contributed by atoms with E-state index < -0.39 is 147 Å². The highest BCUT2D eigenvalue weighted by molar-refractivity contribution is 5.28. The average Bonchev–Trinajstić information content (AvgIpc) is 3.59. The molecule has 67 heavy (non-hydrogen) atoms. The molecule has 0 aromatic rings. The largest absolute Gasteiger partial charge is 0.394 e. The van der Waals surface area contributed by atoms with Gasteiger partial charge in [0.2, 0.25) is 0 Å². The second kappa shape index (κ2) is 20.5. The number of hydrogen-bond acceptors (Lipinski definition) is 20. The van der Waals surface area contributed by atoms with E-state index in [2.05, 4.69) is 19.9 Å². The van der Waals surface area contributed by atoms with E-state index in [1.54, 1.807) is 14.0 Å². The zero-order chi connectivity index (χ0) is 48.5. The third-order valence-electron chi connectivity index (χ3n) is 17.8. The molecule has 7 fully saturated rings. The van der Waals surface area contributed by atoms with Crippen LogP contribution in [-0.4, -0.2) is 213 Å². The van der Waals surface area contributed by atoms with Gasteiger partial charge in [-0.2, -0.15) is 0 Å². The van der Waals surface area contributed by atoms with Crippen LogP contribution in [0.4, 0.5) is 0 Å². The number of aliphatic hydroxyl groups excluding tert-OH is 9. The van der Waals surface area contributed by atoms with E-state index in [-0.39, 0.29) is 29.3 Å². The van der Waals surface area contributed by atoms with Gasteiger partial charge in [0.25, 0.3) is 0 Å². The molecule has 0 amide bonds. The lowest BCUT2D eigenvalue weighted by molar-refractivity contribution is -0.342. The molecule has 0 spiro atoms. The van der Waals surface area contributed by atoms with Gasteiger partial charge in [0, 0.05) is 26.1 Å². The van der Waals surface area contributed by atoms with Gasteiger partial charge in [0.05, 0.1) is 49.3 Å². The zero-order valence-corrected chi connectivity index (χ0v) is 39.8. The molecule has 386 valence electrons. The quantitative estimate of drug-likeness (QED) is 0.100. The first-order valence-corrected chi connectivity index (χ1v) is 24.4. The number of allylic oxidation sites excluding steroid dienone is 1. The Morgan fingerprint density at radius 3 is 2.06 bits per heavy atom. The summed E-state index contributed by atoms with van der Waals surface area (Å²) in [4.78, 5) is 0. The smallest absolute Gasteiger partial charge is 0.187 e. The highest BCUT2D eigenvalue weighted by atomic mass is 16.7. The van der Waals surface area contributed by atoms with Gasteiger partial charge in [-0.3, -0.25) is 0 Å². The first kappa shape index (κ1) is 52.3. The molecule has 10 N–H and O–H groups in total. The Balaban J connectivity index is 0.872. The van der Waals surface area contributed by atoms with Gasteiger partial charge in [-0.1, -0.05) is 25.5 Å². The summed E-state index contributed by atoms with van der Waals surface area (Å²) in [6.07, 6.45) is -13.8. The molecule has 4 saturated heterocycles. The fourth-order valence-corrected chi connectivity index (χ4v) is 13.6.